The van der Waals surface area contributed by atoms with E-state index in [1.54, 1.807) is 0 Å². The van der Waals surface area contributed by atoms with E-state index in [9.17, 15) is 38.0 Å². The van der Waals surface area contributed by atoms with E-state index in [-0.39, 0.29) is 33.8 Å². The second kappa shape index (κ2) is 8.35. The molecule has 0 aliphatic carbocycles. The number of halogens is 3. The summed E-state index contributed by atoms with van der Waals surface area (Å²) >= 11 is 0. The number of nitrogens with zero attached hydrogens (tertiary/aromatic N) is 1. The molecule has 1 aromatic heterocycles. The number of nitro benzene ring substituents is 1. The third-order valence-electron chi connectivity index (χ3n) is 5.06. The minimum Gasteiger partial charge on any atom is -0.478 e. The second-order valence-corrected chi connectivity index (χ2v) is 7.31. The predicted molar refractivity (Wildman–Crippen MR) is 117 cm³/mol. The van der Waals surface area contributed by atoms with E-state index in [0.29, 0.717) is 17.0 Å². The van der Waals surface area contributed by atoms with E-state index < -0.39 is 28.5 Å². The number of fused-ring (bicyclic) bond motifs is 1. The third kappa shape index (κ3) is 4.44. The fourth-order valence-electron chi connectivity index (χ4n) is 3.48. The summed E-state index contributed by atoms with van der Waals surface area (Å²) in [7, 11) is 0. The van der Waals surface area contributed by atoms with Crippen molar-refractivity contribution in [3.8, 4) is 11.1 Å². The number of non-ortho nitro benzene ring substituents is 1. The number of anilines is 1. The van der Waals surface area contributed by atoms with Gasteiger partial charge in [0.05, 0.1) is 21.6 Å². The number of benzene rings is 3. The van der Waals surface area contributed by atoms with Gasteiger partial charge in [-0.25, -0.2) is 4.79 Å². The van der Waals surface area contributed by atoms with Gasteiger partial charge < -0.3 is 15.4 Å². The maximum absolute atomic E-state index is 13.5. The van der Waals surface area contributed by atoms with E-state index in [0.717, 1.165) is 12.1 Å². The van der Waals surface area contributed by atoms with Gasteiger partial charge in [0.2, 0.25) is 0 Å². The molecule has 172 valence electrons. The zero-order valence-corrected chi connectivity index (χ0v) is 17.0. The van der Waals surface area contributed by atoms with Gasteiger partial charge in [0.15, 0.2) is 0 Å². The molecule has 0 aliphatic rings. The topological polar surface area (TPSA) is 125 Å². The maximum atomic E-state index is 13.5. The number of hydrogen-bond donors (Lipinski definition) is 3. The number of nitro groups is 1. The molecule has 1 amide bonds. The summed E-state index contributed by atoms with van der Waals surface area (Å²) in [6, 6.07) is 13.6. The van der Waals surface area contributed by atoms with Crippen molar-refractivity contribution in [3.05, 3.63) is 93.7 Å². The lowest BCUT2D eigenvalue weighted by Gasteiger charge is -2.15. The van der Waals surface area contributed by atoms with Crippen molar-refractivity contribution in [1.82, 2.24) is 4.98 Å². The zero-order valence-electron chi connectivity index (χ0n) is 17.0. The first-order valence-corrected chi connectivity index (χ1v) is 9.66. The third-order valence-corrected chi connectivity index (χ3v) is 5.06. The number of carbonyl (C=O) groups excluding carboxylic acids is 1. The van der Waals surface area contributed by atoms with Crippen LogP contribution in [0.2, 0.25) is 0 Å². The lowest BCUT2D eigenvalue weighted by molar-refractivity contribution is -0.384. The van der Waals surface area contributed by atoms with E-state index in [1.807, 2.05) is 0 Å². The first kappa shape index (κ1) is 22.5. The number of nitrogens with one attached hydrogen (secondary N) is 2. The largest absolute Gasteiger partial charge is 0.478 e. The quantitative estimate of drug-likeness (QED) is 0.255. The smallest absolute Gasteiger partial charge is 0.417 e. The van der Waals surface area contributed by atoms with Crippen LogP contribution in [0, 0.1) is 10.1 Å². The molecule has 0 radical (unpaired) electrons. The Hall–Kier alpha value is -4.67. The number of hydrogen-bond acceptors (Lipinski definition) is 4. The number of carboxylic acids is 1. The molecule has 0 atom stereocenters. The highest BCUT2D eigenvalue weighted by molar-refractivity contribution is 6.06. The average molecular weight is 469 g/mol. The lowest BCUT2D eigenvalue weighted by atomic mass is 9.96. The number of amides is 1. The Morgan fingerprint density at radius 2 is 1.76 bits per heavy atom. The molecule has 0 saturated heterocycles. The molecule has 11 heteroatoms. The highest BCUT2D eigenvalue weighted by Crippen LogP contribution is 2.38. The van der Waals surface area contributed by atoms with Crippen molar-refractivity contribution in [2.45, 2.75) is 6.18 Å². The van der Waals surface area contributed by atoms with Gasteiger partial charge in [-0.05, 0) is 53.6 Å². The Bertz CT molecular complexity index is 1460. The molecule has 0 saturated carbocycles. The van der Waals surface area contributed by atoms with Crippen molar-refractivity contribution in [1.29, 1.82) is 0 Å². The first-order valence-electron chi connectivity index (χ1n) is 9.66. The molecule has 4 aromatic rings. The molecule has 0 spiro atoms. The van der Waals surface area contributed by atoms with Crippen molar-refractivity contribution >= 4 is 34.2 Å². The van der Waals surface area contributed by atoms with Gasteiger partial charge in [0.25, 0.3) is 11.6 Å². The van der Waals surface area contributed by atoms with Gasteiger partial charge in [-0.2, -0.15) is 13.2 Å². The standard InChI is InChI=1S/C23H14F3N3O5/c24-23(25,26)18-7-5-14(22(31)32)9-17(18)12-2-1-3-15(8-12)27-21(30)20-10-13-4-6-16(29(33)34)11-19(13)28-20/h1-11,28H,(H,27,30)(H,31,32). The number of H-pyrrole nitrogens is 1. The van der Waals surface area contributed by atoms with Crippen LogP contribution in [-0.2, 0) is 6.18 Å². The number of carboxylic acid groups (broad SMARTS) is 1. The van der Waals surface area contributed by atoms with Gasteiger partial charge in [-0.3, -0.25) is 14.9 Å². The van der Waals surface area contributed by atoms with Crippen molar-refractivity contribution in [3.63, 3.8) is 0 Å². The molecule has 34 heavy (non-hydrogen) atoms. The van der Waals surface area contributed by atoms with E-state index >= 15 is 0 Å². The van der Waals surface area contributed by atoms with Crippen LogP contribution in [0.3, 0.4) is 0 Å². The molecule has 0 unspecified atom stereocenters. The number of carbonyl (C=O) groups is 2. The van der Waals surface area contributed by atoms with E-state index in [4.69, 9.17) is 0 Å². The Morgan fingerprint density at radius 3 is 2.44 bits per heavy atom. The Balaban J connectivity index is 1.67. The van der Waals surface area contributed by atoms with Gasteiger partial charge in [-0.1, -0.05) is 12.1 Å². The molecule has 0 bridgehead atoms. The normalized spacial score (nSPS) is 11.4. The maximum Gasteiger partial charge on any atom is 0.417 e. The van der Waals surface area contributed by atoms with E-state index in [2.05, 4.69) is 10.3 Å². The molecule has 0 aliphatic heterocycles. The van der Waals surface area contributed by atoms with E-state index in [1.165, 1.54) is 48.5 Å². The van der Waals surface area contributed by atoms with Crippen molar-refractivity contribution < 1.29 is 32.8 Å². The van der Waals surface area contributed by atoms with Crippen LogP contribution in [-0.4, -0.2) is 26.9 Å². The molecule has 1 heterocycles. The Morgan fingerprint density at radius 1 is 1.00 bits per heavy atom. The van der Waals surface area contributed by atoms with Crippen LogP contribution in [0.5, 0.6) is 0 Å². The number of rotatable bonds is 5. The summed E-state index contributed by atoms with van der Waals surface area (Å²) in [6.45, 7) is 0. The summed E-state index contributed by atoms with van der Waals surface area (Å²) < 4.78 is 40.5. The van der Waals surface area contributed by atoms with Crippen LogP contribution in [0.25, 0.3) is 22.0 Å². The fourth-order valence-corrected chi connectivity index (χ4v) is 3.48. The summed E-state index contributed by atoms with van der Waals surface area (Å²) in [5.41, 5.74) is -1.15. The summed E-state index contributed by atoms with van der Waals surface area (Å²) in [5, 5.41) is 23.2. The van der Waals surface area contributed by atoms with Crippen LogP contribution in [0.1, 0.15) is 26.4 Å². The molecule has 4 rings (SSSR count). The molecule has 3 aromatic carbocycles. The van der Waals surface area contributed by atoms with Crippen LogP contribution in [0.15, 0.2) is 66.7 Å². The zero-order chi connectivity index (χ0) is 24.6. The predicted octanol–water partition coefficient (Wildman–Crippen LogP) is 5.71. The molecular weight excluding hydrogens is 455 g/mol. The number of alkyl halides is 3. The van der Waals surface area contributed by atoms with Gasteiger partial charge in [0.1, 0.15) is 5.69 Å². The van der Waals surface area contributed by atoms with Crippen LogP contribution in [0.4, 0.5) is 24.5 Å². The first-order chi connectivity index (χ1) is 16.0. The molecule has 3 N–H and O–H groups in total. The lowest BCUT2D eigenvalue weighted by Crippen LogP contribution is -2.12. The molecule has 0 fully saturated rings. The highest BCUT2D eigenvalue weighted by Gasteiger charge is 2.34. The SMILES string of the molecule is O=C(O)c1ccc(C(F)(F)F)c(-c2cccc(NC(=O)c3cc4ccc([N+](=O)[O-])cc4[nH]3)c2)c1. The fraction of sp³-hybridized carbons (Fsp3) is 0.0435. The van der Waals surface area contributed by atoms with Crippen LogP contribution < -0.4 is 5.32 Å². The van der Waals surface area contributed by atoms with Crippen molar-refractivity contribution in [2.24, 2.45) is 0 Å². The number of aromatic nitrogens is 1. The summed E-state index contributed by atoms with van der Waals surface area (Å²) in [6.07, 6.45) is -4.72. The second-order valence-electron chi connectivity index (χ2n) is 7.31. The Kier molecular flexibility index (Phi) is 5.53. The highest BCUT2D eigenvalue weighted by atomic mass is 19.4. The minimum absolute atomic E-state index is 0.0560. The van der Waals surface area contributed by atoms with Gasteiger partial charge in [0, 0.05) is 23.2 Å². The van der Waals surface area contributed by atoms with Crippen LogP contribution >= 0.6 is 0 Å². The Labute approximate surface area is 188 Å². The molecular formula is C23H14F3N3O5. The van der Waals surface area contributed by atoms with Gasteiger partial charge >= 0.3 is 12.1 Å². The monoisotopic (exact) mass is 469 g/mol. The van der Waals surface area contributed by atoms with Gasteiger partial charge in [-0.15, -0.1) is 0 Å². The summed E-state index contributed by atoms with van der Waals surface area (Å²) in [5.74, 6) is -2.00. The number of aromatic carboxylic acids is 1. The summed E-state index contributed by atoms with van der Waals surface area (Å²) in [4.78, 5) is 37.1. The molecule has 8 nitrogen and oxygen atoms in total. The minimum atomic E-state index is -4.72. The average Bonchev–Trinajstić information content (AvgIpc) is 3.22. The van der Waals surface area contributed by atoms with Crippen molar-refractivity contribution in [2.75, 3.05) is 5.32 Å². The number of aromatic amines is 1.